The molecule has 2 rings (SSSR count). The Balaban J connectivity index is 2.33. The van der Waals surface area contributed by atoms with Crippen LogP contribution in [0.1, 0.15) is 22.8 Å². The molecular weight excluding hydrogens is 409 g/mol. The number of carbonyl (C=O) groups is 1. The van der Waals surface area contributed by atoms with Gasteiger partial charge in [0.2, 0.25) is 0 Å². The molecule has 0 aromatic heterocycles. The maximum Gasteiger partial charge on any atom is 0.417 e. The largest absolute Gasteiger partial charge is 0.492 e. The van der Waals surface area contributed by atoms with Crippen LogP contribution in [0.25, 0.3) is 0 Å². The van der Waals surface area contributed by atoms with Crippen molar-refractivity contribution in [2.75, 3.05) is 39.2 Å². The van der Waals surface area contributed by atoms with Crippen LogP contribution in [0.2, 0.25) is 5.02 Å². The van der Waals surface area contributed by atoms with Gasteiger partial charge in [-0.2, -0.15) is 13.2 Å². The highest BCUT2D eigenvalue weighted by Gasteiger charge is 2.34. The lowest BCUT2D eigenvalue weighted by Gasteiger charge is -2.18. The molecule has 0 aliphatic rings. The number of benzene rings is 2. The van der Waals surface area contributed by atoms with E-state index in [2.05, 4.69) is 5.32 Å². The zero-order chi connectivity index (χ0) is 21.6. The number of hydrogen-bond acceptors (Lipinski definition) is 4. The number of rotatable bonds is 8. The highest BCUT2D eigenvalue weighted by molar-refractivity contribution is 6.31. The molecule has 0 saturated carbocycles. The lowest BCUT2D eigenvalue weighted by Crippen LogP contribution is -2.20. The second-order valence-corrected chi connectivity index (χ2v) is 6.77. The van der Waals surface area contributed by atoms with Crippen LogP contribution in [-0.4, -0.2) is 44.7 Å². The van der Waals surface area contributed by atoms with Gasteiger partial charge < -0.3 is 19.7 Å². The van der Waals surface area contributed by atoms with Crippen molar-refractivity contribution in [3.63, 3.8) is 0 Å². The fraction of sp³-hybridized carbons (Fsp3) is 0.350. The highest BCUT2D eigenvalue weighted by Crippen LogP contribution is 2.37. The van der Waals surface area contributed by atoms with Crippen LogP contribution in [0.15, 0.2) is 36.4 Å². The summed E-state index contributed by atoms with van der Waals surface area (Å²) < 4.78 is 50.5. The van der Waals surface area contributed by atoms with Crippen molar-refractivity contribution >= 4 is 23.2 Å². The zero-order valence-corrected chi connectivity index (χ0v) is 17.0. The van der Waals surface area contributed by atoms with Crippen LogP contribution in [0, 0.1) is 0 Å². The van der Waals surface area contributed by atoms with E-state index in [-0.39, 0.29) is 11.3 Å². The van der Waals surface area contributed by atoms with Crippen molar-refractivity contribution in [2.24, 2.45) is 0 Å². The van der Waals surface area contributed by atoms with E-state index in [9.17, 15) is 18.0 Å². The third-order valence-corrected chi connectivity index (χ3v) is 4.19. The van der Waals surface area contributed by atoms with Gasteiger partial charge >= 0.3 is 6.18 Å². The number of hydrogen-bond donors (Lipinski definition) is 1. The van der Waals surface area contributed by atoms with E-state index in [1.807, 2.05) is 19.0 Å². The summed E-state index contributed by atoms with van der Waals surface area (Å²) in [6, 6.07) is 7.98. The molecule has 0 unspecified atom stereocenters. The normalized spacial score (nSPS) is 11.4. The first-order chi connectivity index (χ1) is 13.6. The number of nitrogens with one attached hydrogen (secondary N) is 1. The SMILES string of the molecule is CCOc1cccc(OCCN(C)C)c1NC(=O)c1ccc(Cl)c(C(F)(F)F)c1. The van der Waals surface area contributed by atoms with Gasteiger partial charge in [-0.05, 0) is 51.4 Å². The van der Waals surface area contributed by atoms with Crippen LogP contribution < -0.4 is 14.8 Å². The van der Waals surface area contributed by atoms with Gasteiger partial charge in [0.1, 0.15) is 23.8 Å². The molecule has 9 heteroatoms. The minimum absolute atomic E-state index is 0.188. The summed E-state index contributed by atoms with van der Waals surface area (Å²) in [6.07, 6.45) is -4.67. The van der Waals surface area contributed by atoms with Crippen molar-refractivity contribution in [1.29, 1.82) is 0 Å². The lowest BCUT2D eigenvalue weighted by atomic mass is 10.1. The molecule has 1 amide bonds. The monoisotopic (exact) mass is 430 g/mol. The van der Waals surface area contributed by atoms with E-state index >= 15 is 0 Å². The number of anilines is 1. The first kappa shape index (κ1) is 22.8. The van der Waals surface area contributed by atoms with Gasteiger partial charge in [0.25, 0.3) is 5.91 Å². The van der Waals surface area contributed by atoms with Crippen LogP contribution >= 0.6 is 11.6 Å². The second kappa shape index (κ2) is 9.84. The predicted molar refractivity (Wildman–Crippen MR) is 106 cm³/mol. The molecule has 0 aliphatic carbocycles. The molecule has 0 saturated heterocycles. The van der Waals surface area contributed by atoms with Crippen LogP contribution in [-0.2, 0) is 6.18 Å². The Labute approximate surface area is 172 Å². The average molecular weight is 431 g/mol. The number of para-hydroxylation sites is 1. The first-order valence-electron chi connectivity index (χ1n) is 8.85. The molecule has 0 bridgehead atoms. The van der Waals surface area contributed by atoms with Gasteiger partial charge in [-0.3, -0.25) is 4.79 Å². The summed E-state index contributed by atoms with van der Waals surface area (Å²) in [5.74, 6) is -0.0267. The maximum atomic E-state index is 13.1. The Bertz CT molecular complexity index is 857. The van der Waals surface area contributed by atoms with E-state index < -0.39 is 22.7 Å². The van der Waals surface area contributed by atoms with E-state index in [0.29, 0.717) is 37.3 Å². The Kier molecular flexibility index (Phi) is 7.75. The van der Waals surface area contributed by atoms with E-state index in [1.165, 1.54) is 6.07 Å². The molecule has 29 heavy (non-hydrogen) atoms. The molecule has 5 nitrogen and oxygen atoms in total. The van der Waals surface area contributed by atoms with E-state index in [4.69, 9.17) is 21.1 Å². The summed E-state index contributed by atoms with van der Waals surface area (Å²) in [4.78, 5) is 14.6. The van der Waals surface area contributed by atoms with Gasteiger partial charge in [0.15, 0.2) is 0 Å². The topological polar surface area (TPSA) is 50.8 Å². The Hall–Kier alpha value is -2.45. The van der Waals surface area contributed by atoms with E-state index in [1.54, 1.807) is 25.1 Å². The molecule has 2 aromatic rings. The minimum Gasteiger partial charge on any atom is -0.492 e. The number of halogens is 4. The van der Waals surface area contributed by atoms with Crippen LogP contribution in [0.3, 0.4) is 0 Å². The van der Waals surface area contributed by atoms with Gasteiger partial charge in [-0.25, -0.2) is 0 Å². The van der Waals surface area contributed by atoms with Crippen molar-refractivity contribution in [3.8, 4) is 11.5 Å². The molecule has 0 aliphatic heterocycles. The quantitative estimate of drug-likeness (QED) is 0.643. The summed E-state index contributed by atoms with van der Waals surface area (Å²) >= 11 is 5.62. The van der Waals surface area contributed by atoms with Gasteiger partial charge in [0.05, 0.1) is 17.2 Å². The predicted octanol–water partition coefficient (Wildman–Crippen LogP) is 4.95. The Morgan fingerprint density at radius 1 is 1.14 bits per heavy atom. The summed E-state index contributed by atoms with van der Waals surface area (Å²) in [7, 11) is 3.78. The van der Waals surface area contributed by atoms with Crippen LogP contribution in [0.4, 0.5) is 18.9 Å². The first-order valence-corrected chi connectivity index (χ1v) is 9.22. The van der Waals surface area contributed by atoms with Crippen molar-refractivity contribution in [3.05, 3.63) is 52.5 Å². The Morgan fingerprint density at radius 3 is 2.38 bits per heavy atom. The minimum atomic E-state index is -4.67. The maximum absolute atomic E-state index is 13.1. The molecule has 1 N–H and O–H groups in total. The molecule has 0 fully saturated rings. The second-order valence-electron chi connectivity index (χ2n) is 6.36. The van der Waals surface area contributed by atoms with Gasteiger partial charge in [-0.1, -0.05) is 17.7 Å². The third-order valence-electron chi connectivity index (χ3n) is 3.86. The highest BCUT2D eigenvalue weighted by atomic mass is 35.5. The smallest absolute Gasteiger partial charge is 0.417 e. The van der Waals surface area contributed by atoms with Crippen LogP contribution in [0.5, 0.6) is 11.5 Å². The number of nitrogens with zero attached hydrogens (tertiary/aromatic N) is 1. The lowest BCUT2D eigenvalue weighted by molar-refractivity contribution is -0.137. The fourth-order valence-electron chi connectivity index (χ4n) is 2.44. The van der Waals surface area contributed by atoms with Gasteiger partial charge in [0, 0.05) is 12.1 Å². The Morgan fingerprint density at radius 2 is 1.79 bits per heavy atom. The van der Waals surface area contributed by atoms with Crippen molar-refractivity contribution in [1.82, 2.24) is 4.90 Å². The summed E-state index contributed by atoms with van der Waals surface area (Å²) in [5.41, 5.74) is -1.01. The number of alkyl halides is 3. The van der Waals surface area contributed by atoms with Crippen molar-refractivity contribution in [2.45, 2.75) is 13.1 Å². The average Bonchev–Trinajstić information content (AvgIpc) is 2.63. The molecule has 0 heterocycles. The number of likely N-dealkylation sites (N-methyl/N-ethyl adjacent to an activating group) is 1. The molecule has 2 aromatic carbocycles. The van der Waals surface area contributed by atoms with Crippen molar-refractivity contribution < 1.29 is 27.4 Å². The number of ether oxygens (including phenoxy) is 2. The standard InChI is InChI=1S/C20H22ClF3N2O3/c1-4-28-16-6-5-7-17(29-11-10-26(2)3)18(16)25-19(27)13-8-9-15(21)14(12-13)20(22,23)24/h5-9,12H,4,10-11H2,1-3H3,(H,25,27). The molecule has 0 radical (unpaired) electrons. The summed E-state index contributed by atoms with van der Waals surface area (Å²) in [6.45, 7) is 3.10. The molecule has 158 valence electrons. The number of amides is 1. The fourth-order valence-corrected chi connectivity index (χ4v) is 2.66. The van der Waals surface area contributed by atoms with E-state index in [0.717, 1.165) is 6.07 Å². The molecule has 0 atom stereocenters. The summed E-state index contributed by atoms with van der Waals surface area (Å²) in [5, 5.41) is 2.13. The molecule has 0 spiro atoms. The molecular formula is C20H22ClF3N2O3. The van der Waals surface area contributed by atoms with Gasteiger partial charge in [-0.15, -0.1) is 0 Å². The third kappa shape index (κ3) is 6.27. The zero-order valence-electron chi connectivity index (χ0n) is 16.3. The number of carbonyl (C=O) groups excluding carboxylic acids is 1.